The molecular formula is C17H20ClNO4S. The average Bonchev–Trinajstić information content (AvgIpc) is 2.53. The summed E-state index contributed by atoms with van der Waals surface area (Å²) in [5.41, 5.74) is 1.22. The summed E-state index contributed by atoms with van der Waals surface area (Å²) >= 11 is 5.94. The van der Waals surface area contributed by atoms with E-state index in [1.807, 2.05) is 13.8 Å². The SMILES string of the molecule is CCOc1ccc(S(=O)(=O)Nc2cc(Cl)ccc2C)cc1OCC. The Hall–Kier alpha value is -1.92. The second-order valence-electron chi connectivity index (χ2n) is 5.04. The summed E-state index contributed by atoms with van der Waals surface area (Å²) < 4.78 is 38.8. The zero-order valence-corrected chi connectivity index (χ0v) is 15.4. The zero-order valence-electron chi connectivity index (χ0n) is 13.8. The Labute approximate surface area is 147 Å². The quantitative estimate of drug-likeness (QED) is 0.792. The number of aryl methyl sites for hydroxylation is 1. The third kappa shape index (κ3) is 4.33. The summed E-state index contributed by atoms with van der Waals surface area (Å²) in [6.45, 7) is 6.35. The van der Waals surface area contributed by atoms with Gasteiger partial charge in [0, 0.05) is 11.1 Å². The Morgan fingerprint density at radius 2 is 1.67 bits per heavy atom. The number of ether oxygens (including phenoxy) is 2. The lowest BCUT2D eigenvalue weighted by Crippen LogP contribution is -2.14. The Morgan fingerprint density at radius 3 is 2.33 bits per heavy atom. The second-order valence-corrected chi connectivity index (χ2v) is 7.16. The number of hydrogen-bond acceptors (Lipinski definition) is 4. The van der Waals surface area contributed by atoms with E-state index in [0.717, 1.165) is 5.56 Å². The molecule has 1 N–H and O–H groups in total. The van der Waals surface area contributed by atoms with Gasteiger partial charge in [-0.1, -0.05) is 17.7 Å². The van der Waals surface area contributed by atoms with Crippen molar-refractivity contribution in [2.45, 2.75) is 25.7 Å². The molecule has 2 aromatic carbocycles. The molecule has 0 radical (unpaired) electrons. The number of halogens is 1. The predicted octanol–water partition coefficient (Wildman–Crippen LogP) is 4.25. The van der Waals surface area contributed by atoms with Crippen molar-refractivity contribution >= 4 is 27.3 Å². The highest BCUT2D eigenvalue weighted by Crippen LogP contribution is 2.31. The molecule has 0 saturated carbocycles. The van der Waals surface area contributed by atoms with E-state index < -0.39 is 10.0 Å². The number of nitrogens with one attached hydrogen (secondary N) is 1. The van der Waals surface area contributed by atoms with Crippen LogP contribution in [-0.4, -0.2) is 21.6 Å². The maximum absolute atomic E-state index is 12.6. The predicted molar refractivity (Wildman–Crippen MR) is 95.8 cm³/mol. The Bertz CT molecular complexity index is 821. The largest absolute Gasteiger partial charge is 0.490 e. The topological polar surface area (TPSA) is 64.6 Å². The van der Waals surface area contributed by atoms with Gasteiger partial charge < -0.3 is 9.47 Å². The number of hydrogen-bond donors (Lipinski definition) is 1. The third-order valence-corrected chi connectivity index (χ3v) is 4.87. The summed E-state index contributed by atoms with van der Waals surface area (Å²) in [6, 6.07) is 9.57. The van der Waals surface area contributed by atoms with Crippen molar-refractivity contribution in [2.24, 2.45) is 0 Å². The number of sulfonamides is 1. The van der Waals surface area contributed by atoms with Crippen LogP contribution in [-0.2, 0) is 10.0 Å². The molecule has 24 heavy (non-hydrogen) atoms. The molecular weight excluding hydrogens is 350 g/mol. The average molecular weight is 370 g/mol. The fourth-order valence-electron chi connectivity index (χ4n) is 2.11. The Kier molecular flexibility index (Phi) is 5.96. The maximum atomic E-state index is 12.6. The van der Waals surface area contributed by atoms with Crippen molar-refractivity contribution in [2.75, 3.05) is 17.9 Å². The molecule has 0 bridgehead atoms. The van der Waals surface area contributed by atoms with Crippen LogP contribution in [0.25, 0.3) is 0 Å². The van der Waals surface area contributed by atoms with Gasteiger partial charge >= 0.3 is 0 Å². The molecule has 0 unspecified atom stereocenters. The molecule has 0 aromatic heterocycles. The highest BCUT2D eigenvalue weighted by Gasteiger charge is 2.18. The van der Waals surface area contributed by atoms with Gasteiger partial charge in [0.15, 0.2) is 11.5 Å². The van der Waals surface area contributed by atoms with Crippen LogP contribution in [0.2, 0.25) is 5.02 Å². The summed E-state index contributed by atoms with van der Waals surface area (Å²) in [5.74, 6) is 0.905. The van der Waals surface area contributed by atoms with E-state index in [-0.39, 0.29) is 4.90 Å². The van der Waals surface area contributed by atoms with Gasteiger partial charge in [-0.25, -0.2) is 8.42 Å². The van der Waals surface area contributed by atoms with Crippen molar-refractivity contribution in [3.63, 3.8) is 0 Å². The van der Waals surface area contributed by atoms with Gasteiger partial charge in [0.05, 0.1) is 23.8 Å². The molecule has 0 aliphatic heterocycles. The molecule has 0 fully saturated rings. The Morgan fingerprint density at radius 1 is 1.00 bits per heavy atom. The molecule has 2 rings (SSSR count). The molecule has 5 nitrogen and oxygen atoms in total. The third-order valence-electron chi connectivity index (χ3n) is 3.27. The van der Waals surface area contributed by atoms with Gasteiger partial charge in [0.1, 0.15) is 0 Å². The first-order valence-electron chi connectivity index (χ1n) is 7.56. The fraction of sp³-hybridized carbons (Fsp3) is 0.294. The molecule has 2 aromatic rings. The Balaban J connectivity index is 2.38. The van der Waals surface area contributed by atoms with E-state index in [1.54, 1.807) is 31.2 Å². The molecule has 7 heteroatoms. The van der Waals surface area contributed by atoms with E-state index in [1.165, 1.54) is 12.1 Å². The lowest BCUT2D eigenvalue weighted by molar-refractivity contribution is 0.287. The summed E-state index contributed by atoms with van der Waals surface area (Å²) in [7, 11) is -3.77. The van der Waals surface area contributed by atoms with Crippen LogP contribution < -0.4 is 14.2 Å². The first-order chi connectivity index (χ1) is 11.4. The molecule has 0 aliphatic carbocycles. The first-order valence-corrected chi connectivity index (χ1v) is 9.42. The molecule has 0 atom stereocenters. The monoisotopic (exact) mass is 369 g/mol. The lowest BCUT2D eigenvalue weighted by atomic mass is 10.2. The summed E-state index contributed by atoms with van der Waals surface area (Å²) in [5, 5.41) is 0.458. The fourth-order valence-corrected chi connectivity index (χ4v) is 3.42. The molecule has 130 valence electrons. The smallest absolute Gasteiger partial charge is 0.262 e. The molecule has 0 aliphatic rings. The van der Waals surface area contributed by atoms with Crippen molar-refractivity contribution < 1.29 is 17.9 Å². The van der Waals surface area contributed by atoms with Gasteiger partial charge in [0.25, 0.3) is 10.0 Å². The van der Waals surface area contributed by atoms with Crippen LogP contribution in [0.15, 0.2) is 41.3 Å². The number of anilines is 1. The lowest BCUT2D eigenvalue weighted by Gasteiger charge is -2.14. The van der Waals surface area contributed by atoms with Crippen molar-refractivity contribution in [1.82, 2.24) is 0 Å². The van der Waals surface area contributed by atoms with E-state index in [4.69, 9.17) is 21.1 Å². The minimum Gasteiger partial charge on any atom is -0.490 e. The van der Waals surface area contributed by atoms with Crippen molar-refractivity contribution in [1.29, 1.82) is 0 Å². The molecule has 0 saturated heterocycles. The minimum absolute atomic E-state index is 0.0915. The normalized spacial score (nSPS) is 11.2. The standard InChI is InChI=1S/C17H20ClNO4S/c1-4-22-16-9-8-14(11-17(16)23-5-2)24(20,21)19-15-10-13(18)7-6-12(15)3/h6-11,19H,4-5H2,1-3H3. The molecule has 0 amide bonds. The van der Waals surface area contributed by atoms with Gasteiger partial charge in [-0.05, 0) is 50.6 Å². The van der Waals surface area contributed by atoms with Gasteiger partial charge in [0.2, 0.25) is 0 Å². The number of benzene rings is 2. The van der Waals surface area contributed by atoms with Crippen LogP contribution in [0, 0.1) is 6.92 Å². The summed E-state index contributed by atoms with van der Waals surface area (Å²) in [4.78, 5) is 0.0915. The van der Waals surface area contributed by atoms with E-state index in [9.17, 15) is 8.42 Å². The summed E-state index contributed by atoms with van der Waals surface area (Å²) in [6.07, 6.45) is 0. The van der Waals surface area contributed by atoms with Crippen molar-refractivity contribution in [3.8, 4) is 11.5 Å². The maximum Gasteiger partial charge on any atom is 0.262 e. The van der Waals surface area contributed by atoms with E-state index in [0.29, 0.717) is 35.4 Å². The molecule has 0 heterocycles. The number of rotatable bonds is 7. The van der Waals surface area contributed by atoms with Crippen LogP contribution in [0.1, 0.15) is 19.4 Å². The van der Waals surface area contributed by atoms with Crippen molar-refractivity contribution in [3.05, 3.63) is 47.0 Å². The first kappa shape index (κ1) is 18.4. The second kappa shape index (κ2) is 7.77. The van der Waals surface area contributed by atoms with Crippen LogP contribution >= 0.6 is 11.6 Å². The zero-order chi connectivity index (χ0) is 17.7. The van der Waals surface area contributed by atoms with Gasteiger partial charge in [-0.3, -0.25) is 4.72 Å². The minimum atomic E-state index is -3.77. The van der Waals surface area contributed by atoms with Gasteiger partial charge in [-0.2, -0.15) is 0 Å². The van der Waals surface area contributed by atoms with Gasteiger partial charge in [-0.15, -0.1) is 0 Å². The highest BCUT2D eigenvalue weighted by molar-refractivity contribution is 7.92. The van der Waals surface area contributed by atoms with E-state index in [2.05, 4.69) is 4.72 Å². The van der Waals surface area contributed by atoms with Crippen LogP contribution in [0.4, 0.5) is 5.69 Å². The van der Waals surface area contributed by atoms with Crippen LogP contribution in [0.5, 0.6) is 11.5 Å². The van der Waals surface area contributed by atoms with Crippen LogP contribution in [0.3, 0.4) is 0 Å². The van der Waals surface area contributed by atoms with E-state index >= 15 is 0 Å². The highest BCUT2D eigenvalue weighted by atomic mass is 35.5. The molecule has 0 spiro atoms.